The predicted molar refractivity (Wildman–Crippen MR) is 65.2 cm³/mol. The molecule has 0 radical (unpaired) electrons. The van der Waals surface area contributed by atoms with Crippen molar-refractivity contribution < 1.29 is 14.6 Å². The summed E-state index contributed by atoms with van der Waals surface area (Å²) < 4.78 is 5.71. The quantitative estimate of drug-likeness (QED) is 0.852. The zero-order valence-corrected chi connectivity index (χ0v) is 10.3. The number of aliphatic carboxylic acids is 1. The van der Waals surface area contributed by atoms with E-state index in [4.69, 9.17) is 4.74 Å². The average Bonchev–Trinajstić information content (AvgIpc) is 3.01. The van der Waals surface area contributed by atoms with E-state index in [2.05, 4.69) is 0 Å². The standard InChI is InChI=1S/C14H18O3/c1-10(2)17-12-6-4-3-5-11(12)9-14(7-8-14)13(15)16/h3-6,10H,7-9H2,1-2H3,(H,15,16). The molecule has 0 unspecified atom stereocenters. The minimum Gasteiger partial charge on any atom is -0.491 e. The zero-order valence-electron chi connectivity index (χ0n) is 10.3. The van der Waals surface area contributed by atoms with Crippen molar-refractivity contribution in [1.82, 2.24) is 0 Å². The van der Waals surface area contributed by atoms with Crippen LogP contribution in [-0.2, 0) is 11.2 Å². The molecule has 1 fully saturated rings. The van der Waals surface area contributed by atoms with Crippen molar-refractivity contribution >= 4 is 5.97 Å². The third-order valence-corrected chi connectivity index (χ3v) is 3.17. The molecule has 2 rings (SSSR count). The van der Waals surface area contributed by atoms with Gasteiger partial charge >= 0.3 is 5.97 Å². The van der Waals surface area contributed by atoms with E-state index in [9.17, 15) is 9.90 Å². The number of rotatable bonds is 5. The third-order valence-electron chi connectivity index (χ3n) is 3.17. The topological polar surface area (TPSA) is 46.5 Å². The van der Waals surface area contributed by atoms with E-state index in [1.807, 2.05) is 38.1 Å². The number of hydrogen-bond acceptors (Lipinski definition) is 2. The fourth-order valence-corrected chi connectivity index (χ4v) is 2.00. The van der Waals surface area contributed by atoms with Gasteiger partial charge in [0.1, 0.15) is 5.75 Å². The van der Waals surface area contributed by atoms with Crippen LogP contribution in [0.2, 0.25) is 0 Å². The molecule has 1 aliphatic carbocycles. The van der Waals surface area contributed by atoms with Gasteiger partial charge in [0.2, 0.25) is 0 Å². The van der Waals surface area contributed by atoms with Gasteiger partial charge in [-0.2, -0.15) is 0 Å². The van der Waals surface area contributed by atoms with Gasteiger partial charge in [0.05, 0.1) is 11.5 Å². The smallest absolute Gasteiger partial charge is 0.309 e. The highest BCUT2D eigenvalue weighted by molar-refractivity contribution is 5.78. The van der Waals surface area contributed by atoms with Crippen molar-refractivity contribution in [2.45, 2.75) is 39.2 Å². The fraction of sp³-hybridized carbons (Fsp3) is 0.500. The van der Waals surface area contributed by atoms with E-state index in [-0.39, 0.29) is 6.10 Å². The lowest BCUT2D eigenvalue weighted by molar-refractivity contribution is -0.143. The molecule has 92 valence electrons. The molecular formula is C14H18O3. The lowest BCUT2D eigenvalue weighted by atomic mass is 9.96. The lowest BCUT2D eigenvalue weighted by Gasteiger charge is -2.16. The summed E-state index contributed by atoms with van der Waals surface area (Å²) in [5.74, 6) is 0.131. The summed E-state index contributed by atoms with van der Waals surface area (Å²) in [6, 6.07) is 7.72. The highest BCUT2D eigenvalue weighted by Crippen LogP contribution is 2.49. The molecule has 0 atom stereocenters. The van der Waals surface area contributed by atoms with Crippen molar-refractivity contribution in [2.24, 2.45) is 5.41 Å². The second-order valence-electron chi connectivity index (χ2n) is 5.04. The van der Waals surface area contributed by atoms with Crippen molar-refractivity contribution in [3.63, 3.8) is 0 Å². The van der Waals surface area contributed by atoms with E-state index >= 15 is 0 Å². The van der Waals surface area contributed by atoms with Crippen LogP contribution >= 0.6 is 0 Å². The number of hydrogen-bond donors (Lipinski definition) is 1. The Bertz CT molecular complexity index is 419. The monoisotopic (exact) mass is 234 g/mol. The van der Waals surface area contributed by atoms with E-state index in [0.717, 1.165) is 24.2 Å². The first-order chi connectivity index (χ1) is 8.03. The van der Waals surface area contributed by atoms with Crippen molar-refractivity contribution in [1.29, 1.82) is 0 Å². The predicted octanol–water partition coefficient (Wildman–Crippen LogP) is 2.88. The van der Waals surface area contributed by atoms with Gasteiger partial charge in [-0.25, -0.2) is 0 Å². The number of carboxylic acid groups (broad SMARTS) is 1. The van der Waals surface area contributed by atoms with E-state index in [1.54, 1.807) is 0 Å². The molecule has 1 aliphatic rings. The highest BCUT2D eigenvalue weighted by atomic mass is 16.5. The molecule has 1 saturated carbocycles. The van der Waals surface area contributed by atoms with Crippen LogP contribution in [0.25, 0.3) is 0 Å². The molecule has 0 aliphatic heterocycles. The van der Waals surface area contributed by atoms with Crippen LogP contribution in [0.3, 0.4) is 0 Å². The molecule has 0 bridgehead atoms. The summed E-state index contributed by atoms with van der Waals surface area (Å²) in [6.07, 6.45) is 2.23. The molecule has 1 aromatic rings. The van der Waals surface area contributed by atoms with Gasteiger partial charge in [-0.15, -0.1) is 0 Å². The van der Waals surface area contributed by atoms with Crippen LogP contribution in [0.4, 0.5) is 0 Å². The molecule has 3 nitrogen and oxygen atoms in total. The Morgan fingerprint density at radius 2 is 2.06 bits per heavy atom. The van der Waals surface area contributed by atoms with Crippen molar-refractivity contribution in [2.75, 3.05) is 0 Å². The Labute approximate surface area is 101 Å². The summed E-state index contributed by atoms with van der Waals surface area (Å²) in [6.45, 7) is 3.95. The molecule has 17 heavy (non-hydrogen) atoms. The van der Waals surface area contributed by atoms with Gasteiger partial charge in [-0.05, 0) is 44.7 Å². The first-order valence-corrected chi connectivity index (χ1v) is 6.01. The van der Waals surface area contributed by atoms with Gasteiger partial charge in [0.25, 0.3) is 0 Å². The molecular weight excluding hydrogens is 216 g/mol. The van der Waals surface area contributed by atoms with Gasteiger partial charge in [-0.3, -0.25) is 4.79 Å². The number of ether oxygens (including phenoxy) is 1. The van der Waals surface area contributed by atoms with Crippen LogP contribution in [-0.4, -0.2) is 17.2 Å². The highest BCUT2D eigenvalue weighted by Gasteiger charge is 2.50. The first kappa shape index (κ1) is 12.0. The van der Waals surface area contributed by atoms with E-state index in [1.165, 1.54) is 0 Å². The molecule has 3 heteroatoms. The summed E-state index contributed by atoms with van der Waals surface area (Å²) in [5, 5.41) is 9.20. The first-order valence-electron chi connectivity index (χ1n) is 6.01. The SMILES string of the molecule is CC(C)Oc1ccccc1CC1(C(=O)O)CC1. The Morgan fingerprint density at radius 3 is 2.59 bits per heavy atom. The second kappa shape index (κ2) is 4.40. The van der Waals surface area contributed by atoms with Crippen LogP contribution in [0.1, 0.15) is 32.3 Å². The molecule has 1 aromatic carbocycles. The Morgan fingerprint density at radius 1 is 1.41 bits per heavy atom. The van der Waals surface area contributed by atoms with Crippen molar-refractivity contribution in [3.8, 4) is 5.75 Å². The Balaban J connectivity index is 2.18. The van der Waals surface area contributed by atoms with E-state index < -0.39 is 11.4 Å². The Hall–Kier alpha value is -1.51. The molecule has 0 aromatic heterocycles. The fourth-order valence-electron chi connectivity index (χ4n) is 2.00. The van der Waals surface area contributed by atoms with Gasteiger partial charge in [-0.1, -0.05) is 18.2 Å². The number of carboxylic acids is 1. The van der Waals surface area contributed by atoms with Crippen LogP contribution in [0, 0.1) is 5.41 Å². The van der Waals surface area contributed by atoms with Crippen LogP contribution in [0.5, 0.6) is 5.75 Å². The molecule has 0 amide bonds. The summed E-state index contributed by atoms with van der Waals surface area (Å²) in [5.41, 5.74) is 0.470. The maximum absolute atomic E-state index is 11.2. The molecule has 0 spiro atoms. The van der Waals surface area contributed by atoms with Crippen molar-refractivity contribution in [3.05, 3.63) is 29.8 Å². The zero-order chi connectivity index (χ0) is 12.5. The molecule has 0 saturated heterocycles. The summed E-state index contributed by atoms with van der Waals surface area (Å²) >= 11 is 0. The van der Waals surface area contributed by atoms with Gasteiger partial charge in [0, 0.05) is 0 Å². The Kier molecular flexibility index (Phi) is 3.09. The molecule has 0 heterocycles. The van der Waals surface area contributed by atoms with E-state index in [0.29, 0.717) is 6.42 Å². The lowest BCUT2D eigenvalue weighted by Crippen LogP contribution is -2.18. The number of benzene rings is 1. The van der Waals surface area contributed by atoms with Crippen LogP contribution < -0.4 is 4.74 Å². The largest absolute Gasteiger partial charge is 0.491 e. The van der Waals surface area contributed by atoms with Crippen LogP contribution in [0.15, 0.2) is 24.3 Å². The minimum atomic E-state index is -0.683. The third kappa shape index (κ3) is 2.60. The minimum absolute atomic E-state index is 0.108. The molecule has 1 N–H and O–H groups in total. The maximum Gasteiger partial charge on any atom is 0.309 e. The normalized spacial score (nSPS) is 16.9. The van der Waals surface area contributed by atoms with Gasteiger partial charge in [0.15, 0.2) is 0 Å². The summed E-state index contributed by atoms with van der Waals surface area (Å²) in [7, 11) is 0. The number of para-hydroxylation sites is 1. The average molecular weight is 234 g/mol. The van der Waals surface area contributed by atoms with Gasteiger partial charge < -0.3 is 9.84 Å². The maximum atomic E-state index is 11.2. The number of carbonyl (C=O) groups is 1. The second-order valence-corrected chi connectivity index (χ2v) is 5.04. The summed E-state index contributed by atoms with van der Waals surface area (Å²) in [4.78, 5) is 11.2.